The second kappa shape index (κ2) is 7.58. The van der Waals surface area contributed by atoms with E-state index in [1.54, 1.807) is 19.9 Å². The van der Waals surface area contributed by atoms with E-state index in [-0.39, 0.29) is 24.5 Å². The lowest BCUT2D eigenvalue weighted by atomic mass is 9.44. The summed E-state index contributed by atoms with van der Waals surface area (Å²) in [5, 5.41) is 11.4. The Hall–Kier alpha value is -2.35. The summed E-state index contributed by atoms with van der Waals surface area (Å²) in [6.07, 6.45) is 4.35. The minimum Gasteiger partial charge on any atom is -0.458 e. The molecule has 33 heavy (non-hydrogen) atoms. The quantitative estimate of drug-likeness (QED) is 0.640. The summed E-state index contributed by atoms with van der Waals surface area (Å²) in [5.74, 6) is -2.99. The van der Waals surface area contributed by atoms with E-state index in [1.807, 2.05) is 0 Å². The molecule has 180 valence electrons. The van der Waals surface area contributed by atoms with Gasteiger partial charge in [-0.25, -0.2) is 4.39 Å². The van der Waals surface area contributed by atoms with Gasteiger partial charge in [0, 0.05) is 30.6 Å². The van der Waals surface area contributed by atoms with Crippen molar-refractivity contribution < 1.29 is 38.1 Å². The fraction of sp³-hybridized carbons (Fsp3) is 0.680. The van der Waals surface area contributed by atoms with Crippen LogP contribution >= 0.6 is 0 Å². The van der Waals surface area contributed by atoms with E-state index in [0.29, 0.717) is 24.8 Å². The molecule has 8 heteroatoms. The number of halogens is 1. The number of alkyl halides is 1. The van der Waals surface area contributed by atoms with Crippen molar-refractivity contribution >= 4 is 23.5 Å². The van der Waals surface area contributed by atoms with Gasteiger partial charge in [0.05, 0.1) is 6.10 Å². The van der Waals surface area contributed by atoms with Crippen LogP contribution in [0.5, 0.6) is 0 Å². The Morgan fingerprint density at radius 1 is 1.15 bits per heavy atom. The molecule has 4 aliphatic rings. The zero-order valence-electron chi connectivity index (χ0n) is 19.5. The first-order chi connectivity index (χ1) is 15.3. The van der Waals surface area contributed by atoms with Crippen molar-refractivity contribution in [3.05, 3.63) is 23.8 Å². The minimum absolute atomic E-state index is 0.103. The van der Waals surface area contributed by atoms with E-state index in [4.69, 9.17) is 9.47 Å². The van der Waals surface area contributed by atoms with Crippen molar-refractivity contribution in [2.45, 2.75) is 77.2 Å². The third-order valence-corrected chi connectivity index (χ3v) is 8.94. The molecule has 7 nitrogen and oxygen atoms in total. The molecule has 0 saturated heterocycles. The number of allylic oxidation sites excluding steroid dienone is 4. The fourth-order valence-corrected chi connectivity index (χ4v) is 7.41. The van der Waals surface area contributed by atoms with Crippen LogP contribution in [0.15, 0.2) is 23.8 Å². The maximum Gasteiger partial charge on any atom is 0.303 e. The molecule has 0 heterocycles. The molecule has 7 atom stereocenters. The summed E-state index contributed by atoms with van der Waals surface area (Å²) in [4.78, 5) is 48.7. The van der Waals surface area contributed by atoms with Crippen LogP contribution in [0.3, 0.4) is 0 Å². The minimum atomic E-state index is -2.04. The average molecular weight is 463 g/mol. The molecule has 0 spiro atoms. The Balaban J connectivity index is 1.78. The topological polar surface area (TPSA) is 107 Å². The third-order valence-electron chi connectivity index (χ3n) is 8.94. The average Bonchev–Trinajstić information content (AvgIpc) is 3.00. The summed E-state index contributed by atoms with van der Waals surface area (Å²) >= 11 is 0. The Morgan fingerprint density at radius 3 is 2.48 bits per heavy atom. The molecule has 3 fully saturated rings. The predicted octanol–water partition coefficient (Wildman–Crippen LogP) is 2.79. The third kappa shape index (κ3) is 3.09. The van der Waals surface area contributed by atoms with E-state index >= 15 is 4.39 Å². The molecule has 0 amide bonds. The number of aliphatic hydroxyl groups excluding tert-OH is 1. The van der Waals surface area contributed by atoms with Gasteiger partial charge in [-0.15, -0.1) is 0 Å². The largest absolute Gasteiger partial charge is 0.458 e. The standard InChI is InChI=1S/C25H31FO7/c1-14(27)32-13-21(31)24(33-15(2)28)10-8-18-19-6-5-16-11-17(29)7-9-22(16,3)25(19,26)20(30)12-23(18,24)4/h7,9,11,18-20,30H,5-6,8,10,12-13H2,1-4H3/t18-,19-,20?,22-,23-,24-,25?/m0/s1. The molecule has 1 N–H and O–H groups in total. The summed E-state index contributed by atoms with van der Waals surface area (Å²) in [6.45, 7) is 5.33. The van der Waals surface area contributed by atoms with Gasteiger partial charge in [-0.3, -0.25) is 19.2 Å². The lowest BCUT2D eigenvalue weighted by molar-refractivity contribution is -0.225. The van der Waals surface area contributed by atoms with Crippen LogP contribution in [0.1, 0.15) is 59.8 Å². The van der Waals surface area contributed by atoms with Gasteiger partial charge < -0.3 is 14.6 Å². The molecule has 0 bridgehead atoms. The SMILES string of the molecule is CC(=O)OCC(=O)[C@@]1(OC(C)=O)CC[C@H]2[C@@H]3CCC4=CC(=O)C=C[C@]4(C)C3(F)C(O)C[C@@]21C. The highest BCUT2D eigenvalue weighted by Crippen LogP contribution is 2.70. The lowest BCUT2D eigenvalue weighted by Gasteiger charge is -2.62. The van der Waals surface area contributed by atoms with Crippen LogP contribution in [0.4, 0.5) is 4.39 Å². The van der Waals surface area contributed by atoms with E-state index in [9.17, 15) is 24.3 Å². The normalized spacial score (nSPS) is 43.6. The smallest absolute Gasteiger partial charge is 0.303 e. The van der Waals surface area contributed by atoms with Gasteiger partial charge in [0.1, 0.15) is 0 Å². The van der Waals surface area contributed by atoms with E-state index < -0.39 is 58.5 Å². The van der Waals surface area contributed by atoms with Crippen LogP contribution in [0.2, 0.25) is 0 Å². The van der Waals surface area contributed by atoms with Crippen LogP contribution in [0.25, 0.3) is 0 Å². The molecule has 0 radical (unpaired) electrons. The van der Waals surface area contributed by atoms with Crippen molar-refractivity contribution in [2.24, 2.45) is 22.7 Å². The molecular weight excluding hydrogens is 431 g/mol. The number of carbonyl (C=O) groups excluding carboxylic acids is 4. The van der Waals surface area contributed by atoms with E-state index in [1.165, 1.54) is 26.0 Å². The number of esters is 2. The maximum atomic E-state index is 17.1. The molecule has 0 aromatic rings. The van der Waals surface area contributed by atoms with Crippen LogP contribution in [0, 0.1) is 22.7 Å². The summed E-state index contributed by atoms with van der Waals surface area (Å²) in [6, 6.07) is 0. The van der Waals surface area contributed by atoms with Crippen molar-refractivity contribution in [1.29, 1.82) is 0 Å². The van der Waals surface area contributed by atoms with Crippen molar-refractivity contribution in [3.8, 4) is 0 Å². The van der Waals surface area contributed by atoms with Crippen LogP contribution in [-0.2, 0) is 28.7 Å². The summed E-state index contributed by atoms with van der Waals surface area (Å²) in [7, 11) is 0. The monoisotopic (exact) mass is 462 g/mol. The second-order valence-electron chi connectivity index (χ2n) is 10.4. The highest BCUT2D eigenvalue weighted by Gasteiger charge is 2.75. The van der Waals surface area contributed by atoms with Gasteiger partial charge in [0.25, 0.3) is 0 Å². The second-order valence-corrected chi connectivity index (χ2v) is 10.4. The first-order valence-electron chi connectivity index (χ1n) is 11.5. The predicted molar refractivity (Wildman–Crippen MR) is 114 cm³/mol. The van der Waals surface area contributed by atoms with Crippen molar-refractivity contribution in [1.82, 2.24) is 0 Å². The molecule has 4 aliphatic carbocycles. The molecule has 0 aromatic carbocycles. The molecule has 3 saturated carbocycles. The molecule has 4 rings (SSSR count). The number of aliphatic hydroxyl groups is 1. The zero-order chi connectivity index (χ0) is 24.4. The number of hydrogen-bond acceptors (Lipinski definition) is 7. The number of ketones is 2. The van der Waals surface area contributed by atoms with Crippen LogP contribution < -0.4 is 0 Å². The van der Waals surface area contributed by atoms with Gasteiger partial charge in [0.15, 0.2) is 23.7 Å². The van der Waals surface area contributed by atoms with Gasteiger partial charge in [-0.1, -0.05) is 18.6 Å². The Morgan fingerprint density at radius 2 is 1.85 bits per heavy atom. The first-order valence-corrected chi connectivity index (χ1v) is 11.5. The summed E-state index contributed by atoms with van der Waals surface area (Å²) in [5.41, 5.74) is -5.16. The number of rotatable bonds is 4. The van der Waals surface area contributed by atoms with Gasteiger partial charge in [-0.05, 0) is 57.1 Å². The number of hydrogen-bond donors (Lipinski definition) is 1. The number of Topliss-reactive ketones (excluding diaryl/α,β-unsaturated/α-hetero) is 1. The Kier molecular flexibility index (Phi) is 5.47. The Labute approximate surface area is 192 Å². The fourth-order valence-electron chi connectivity index (χ4n) is 7.41. The maximum absolute atomic E-state index is 17.1. The van der Waals surface area contributed by atoms with Gasteiger partial charge in [0.2, 0.25) is 5.78 Å². The van der Waals surface area contributed by atoms with Crippen molar-refractivity contribution in [3.63, 3.8) is 0 Å². The van der Waals surface area contributed by atoms with Crippen molar-refractivity contribution in [2.75, 3.05) is 6.61 Å². The molecular formula is C25H31FO7. The van der Waals surface area contributed by atoms with Gasteiger partial charge in [-0.2, -0.15) is 0 Å². The Bertz CT molecular complexity index is 985. The number of carbonyl (C=O) groups is 4. The van der Waals surface area contributed by atoms with Crippen LogP contribution in [-0.4, -0.2) is 52.6 Å². The summed E-state index contributed by atoms with van der Waals surface area (Å²) < 4.78 is 27.7. The molecule has 2 unspecified atom stereocenters. The zero-order valence-corrected chi connectivity index (χ0v) is 19.5. The molecule has 0 aliphatic heterocycles. The van der Waals surface area contributed by atoms with E-state index in [0.717, 1.165) is 0 Å². The van der Waals surface area contributed by atoms with Gasteiger partial charge >= 0.3 is 11.9 Å². The highest BCUT2D eigenvalue weighted by molar-refractivity contribution is 6.01. The first kappa shape index (κ1) is 23.8. The van der Waals surface area contributed by atoms with E-state index in [2.05, 4.69) is 0 Å². The number of fused-ring (bicyclic) bond motifs is 5. The molecule has 0 aromatic heterocycles. The highest BCUT2D eigenvalue weighted by atomic mass is 19.1. The lowest BCUT2D eigenvalue weighted by Crippen LogP contribution is -2.69. The number of ether oxygens (including phenoxy) is 2.